The zero-order valence-corrected chi connectivity index (χ0v) is 20.8. The largest absolute Gasteiger partial charge is 0.484 e. The Morgan fingerprint density at radius 2 is 2.08 bits per heavy atom. The van der Waals surface area contributed by atoms with Crippen LogP contribution in [0.3, 0.4) is 0 Å². The van der Waals surface area contributed by atoms with Crippen LogP contribution in [0.15, 0.2) is 66.2 Å². The normalized spacial score (nSPS) is 14.4. The van der Waals surface area contributed by atoms with Gasteiger partial charge >= 0.3 is 0 Å². The van der Waals surface area contributed by atoms with E-state index in [0.29, 0.717) is 24.5 Å². The summed E-state index contributed by atoms with van der Waals surface area (Å²) in [5.74, 6) is 1.27. The summed E-state index contributed by atoms with van der Waals surface area (Å²) < 4.78 is 12.7. The molecule has 0 saturated heterocycles. The fourth-order valence-electron chi connectivity index (χ4n) is 4.46. The molecule has 2 heterocycles. The number of rotatable bonds is 10. The van der Waals surface area contributed by atoms with Crippen molar-refractivity contribution in [3.05, 3.63) is 77.1 Å². The standard InChI is InChI=1S/C27H28N6O4/c1-32(13-14-36-2)25(34)17-37-21-7-3-18(4-8-21)26-27(33-12-11-28-16-24(33)30-26)29-20-6-9-22-19(15-20)5-10-23(22)31-35/h3-4,6-9,11-12,15-16,23,29H,5,10,13-14,17H2,1-2H3. The van der Waals surface area contributed by atoms with Gasteiger partial charge in [-0.1, -0.05) is 11.2 Å². The van der Waals surface area contributed by atoms with Gasteiger partial charge in [-0.15, -0.1) is 0 Å². The van der Waals surface area contributed by atoms with Crippen LogP contribution in [0.25, 0.3) is 16.9 Å². The van der Waals surface area contributed by atoms with Crippen LogP contribution in [0.5, 0.6) is 5.75 Å². The summed E-state index contributed by atoms with van der Waals surface area (Å²) in [6.07, 6.45) is 6.86. The zero-order chi connectivity index (χ0) is 25.8. The molecule has 1 amide bonds. The average molecular weight is 501 g/mol. The highest BCUT2D eigenvalue weighted by Gasteiger charge is 2.24. The molecule has 1 unspecified atom stereocenters. The number of carbonyl (C=O) groups is 1. The van der Waals surface area contributed by atoms with Crippen LogP contribution in [0.1, 0.15) is 23.6 Å². The van der Waals surface area contributed by atoms with Gasteiger partial charge in [0.05, 0.1) is 12.8 Å². The van der Waals surface area contributed by atoms with Crippen molar-refractivity contribution >= 4 is 23.1 Å². The maximum Gasteiger partial charge on any atom is 0.260 e. The first kappa shape index (κ1) is 24.4. The third-order valence-electron chi connectivity index (χ3n) is 6.56. The Hall–Kier alpha value is -4.31. The monoisotopic (exact) mass is 500 g/mol. The lowest BCUT2D eigenvalue weighted by molar-refractivity contribution is -0.132. The maximum atomic E-state index is 12.2. The van der Waals surface area contributed by atoms with E-state index in [1.165, 1.54) is 0 Å². The van der Waals surface area contributed by atoms with E-state index in [9.17, 15) is 9.70 Å². The van der Waals surface area contributed by atoms with Crippen LogP contribution in [-0.4, -0.2) is 59.1 Å². The molecule has 0 saturated carbocycles. The third kappa shape index (κ3) is 5.14. The van der Waals surface area contributed by atoms with Gasteiger partial charge in [0.2, 0.25) is 0 Å². The summed E-state index contributed by atoms with van der Waals surface area (Å²) in [5, 5.41) is 6.76. The minimum absolute atomic E-state index is 0.0504. The Balaban J connectivity index is 1.37. The summed E-state index contributed by atoms with van der Waals surface area (Å²) in [6.45, 7) is 0.934. The Kier molecular flexibility index (Phi) is 7.09. The van der Waals surface area contributed by atoms with Crippen molar-refractivity contribution in [3.63, 3.8) is 0 Å². The van der Waals surface area contributed by atoms with Crippen molar-refractivity contribution in [2.45, 2.75) is 18.9 Å². The zero-order valence-electron chi connectivity index (χ0n) is 20.8. The number of hydrogen-bond donors (Lipinski definition) is 1. The Morgan fingerprint density at radius 3 is 2.86 bits per heavy atom. The Labute approximate surface area is 214 Å². The number of nitrogens with one attached hydrogen (secondary N) is 1. The van der Waals surface area contributed by atoms with Gasteiger partial charge in [0.15, 0.2) is 12.3 Å². The molecule has 190 valence electrons. The lowest BCUT2D eigenvalue weighted by Gasteiger charge is -2.16. The highest BCUT2D eigenvalue weighted by molar-refractivity contribution is 5.80. The molecule has 0 aliphatic heterocycles. The lowest BCUT2D eigenvalue weighted by atomic mass is 10.1. The van der Waals surface area contributed by atoms with E-state index < -0.39 is 0 Å². The van der Waals surface area contributed by atoms with Crippen LogP contribution in [0.2, 0.25) is 0 Å². The summed E-state index contributed by atoms with van der Waals surface area (Å²) in [5.41, 5.74) is 5.38. The predicted octanol–water partition coefficient (Wildman–Crippen LogP) is 4.38. The lowest BCUT2D eigenvalue weighted by Crippen LogP contribution is -2.33. The van der Waals surface area contributed by atoms with E-state index in [0.717, 1.165) is 46.7 Å². The molecule has 2 aromatic heterocycles. The molecule has 37 heavy (non-hydrogen) atoms. The minimum Gasteiger partial charge on any atom is -0.484 e. The second-order valence-corrected chi connectivity index (χ2v) is 8.93. The first-order valence-electron chi connectivity index (χ1n) is 12.1. The predicted molar refractivity (Wildman–Crippen MR) is 140 cm³/mol. The molecule has 1 aliphatic rings. The number of nitrogens with zero attached hydrogens (tertiary/aromatic N) is 5. The van der Waals surface area contributed by atoms with E-state index in [-0.39, 0.29) is 18.6 Å². The molecule has 10 heteroatoms. The number of benzene rings is 2. The van der Waals surface area contributed by atoms with Crippen molar-refractivity contribution in [2.24, 2.45) is 5.18 Å². The number of carbonyl (C=O) groups excluding carboxylic acids is 1. The fourth-order valence-corrected chi connectivity index (χ4v) is 4.46. The van der Waals surface area contributed by atoms with Crippen LogP contribution >= 0.6 is 0 Å². The molecule has 1 atom stereocenters. The average Bonchev–Trinajstić information content (AvgIpc) is 3.51. The number of anilines is 2. The SMILES string of the molecule is COCCN(C)C(=O)COc1ccc(-c2nc3cnccn3c2Nc2ccc3c(c2)CCC3N=O)cc1. The molecule has 4 aromatic rings. The second kappa shape index (κ2) is 10.8. The summed E-state index contributed by atoms with van der Waals surface area (Å²) >= 11 is 0. The van der Waals surface area contributed by atoms with E-state index in [2.05, 4.69) is 21.5 Å². The quantitative estimate of drug-likeness (QED) is 0.322. The van der Waals surface area contributed by atoms with Crippen molar-refractivity contribution in [3.8, 4) is 17.0 Å². The molecule has 0 bridgehead atoms. The number of amides is 1. The van der Waals surface area contributed by atoms with E-state index >= 15 is 0 Å². The summed E-state index contributed by atoms with van der Waals surface area (Å²) in [4.78, 5) is 33.9. The number of fused-ring (bicyclic) bond motifs is 2. The maximum absolute atomic E-state index is 12.2. The third-order valence-corrected chi connectivity index (χ3v) is 6.56. The topological polar surface area (TPSA) is 110 Å². The van der Waals surface area contributed by atoms with Crippen LogP contribution in [0.4, 0.5) is 11.5 Å². The molecule has 1 N–H and O–H groups in total. The minimum atomic E-state index is -0.261. The van der Waals surface area contributed by atoms with Crippen LogP contribution in [0, 0.1) is 4.91 Å². The molecule has 0 fully saturated rings. The number of likely N-dealkylation sites (N-methyl/N-ethyl adjacent to an activating group) is 1. The van der Waals surface area contributed by atoms with Crippen molar-refractivity contribution in [2.75, 3.05) is 39.2 Å². The second-order valence-electron chi connectivity index (χ2n) is 8.93. The highest BCUT2D eigenvalue weighted by atomic mass is 16.5. The molecule has 0 spiro atoms. The van der Waals surface area contributed by atoms with Gasteiger partial charge in [-0.2, -0.15) is 4.91 Å². The molecule has 2 aromatic carbocycles. The fraction of sp³-hybridized carbons (Fsp3) is 0.296. The number of hydrogen-bond acceptors (Lipinski definition) is 8. The summed E-state index contributed by atoms with van der Waals surface area (Å²) in [6, 6.07) is 13.2. The van der Waals surface area contributed by atoms with Gasteiger partial charge in [-0.25, -0.2) is 4.98 Å². The van der Waals surface area contributed by atoms with Crippen LogP contribution < -0.4 is 10.1 Å². The van der Waals surface area contributed by atoms with Crippen molar-refractivity contribution in [1.29, 1.82) is 0 Å². The molecule has 0 radical (unpaired) electrons. The number of aromatic nitrogens is 3. The van der Waals surface area contributed by atoms with Crippen molar-refractivity contribution in [1.82, 2.24) is 19.3 Å². The number of methoxy groups -OCH3 is 1. The first-order chi connectivity index (χ1) is 18.1. The van der Waals surface area contributed by atoms with Gasteiger partial charge in [0.1, 0.15) is 23.3 Å². The first-order valence-corrected chi connectivity index (χ1v) is 12.1. The number of aryl methyl sites for hydroxylation is 1. The van der Waals surface area contributed by atoms with Gasteiger partial charge in [-0.3, -0.25) is 14.2 Å². The van der Waals surface area contributed by atoms with Crippen molar-refractivity contribution < 1.29 is 14.3 Å². The van der Waals surface area contributed by atoms with Gasteiger partial charge in [0, 0.05) is 44.3 Å². The smallest absolute Gasteiger partial charge is 0.260 e. The van der Waals surface area contributed by atoms with E-state index in [1.54, 1.807) is 31.5 Å². The molecule has 5 rings (SSSR count). The molecular formula is C27H28N6O4. The summed E-state index contributed by atoms with van der Waals surface area (Å²) in [7, 11) is 3.32. The molecular weight excluding hydrogens is 472 g/mol. The van der Waals surface area contributed by atoms with Gasteiger partial charge in [0.25, 0.3) is 5.91 Å². The Morgan fingerprint density at radius 1 is 1.24 bits per heavy atom. The molecule has 1 aliphatic carbocycles. The number of imidazole rings is 1. The van der Waals surface area contributed by atoms with E-state index in [1.807, 2.05) is 47.0 Å². The number of nitroso groups, excluding NO2 is 1. The van der Waals surface area contributed by atoms with E-state index in [4.69, 9.17) is 14.5 Å². The molecule has 10 nitrogen and oxygen atoms in total. The Bertz CT molecular complexity index is 1420. The van der Waals surface area contributed by atoms with Gasteiger partial charge < -0.3 is 19.7 Å². The van der Waals surface area contributed by atoms with Crippen LogP contribution in [-0.2, 0) is 16.0 Å². The number of ether oxygens (including phenoxy) is 2. The highest BCUT2D eigenvalue weighted by Crippen LogP contribution is 2.37. The van der Waals surface area contributed by atoms with Gasteiger partial charge in [-0.05, 0) is 60.4 Å².